The van der Waals surface area contributed by atoms with Gasteiger partial charge in [0.15, 0.2) is 24.6 Å². The van der Waals surface area contributed by atoms with Crippen molar-refractivity contribution >= 4 is 32.7 Å². The molecule has 14 heteroatoms. The molecule has 5 atom stereocenters. The average molecular weight is 593 g/mol. The van der Waals surface area contributed by atoms with E-state index in [2.05, 4.69) is 0 Å². The third-order valence-electron chi connectivity index (χ3n) is 5.39. The number of ether oxygens (including phenoxy) is 6. The van der Waals surface area contributed by atoms with Crippen LogP contribution in [0.25, 0.3) is 0 Å². The molecule has 0 amide bonds. The Morgan fingerprint density at radius 3 is 1.70 bits per heavy atom. The van der Waals surface area contributed by atoms with Gasteiger partial charge in [-0.15, -0.1) is 0 Å². The molecular weight excluding hydrogens is 548 g/mol. The van der Waals surface area contributed by atoms with Gasteiger partial charge in [0.1, 0.15) is 12.7 Å². The van der Waals surface area contributed by atoms with Gasteiger partial charge < -0.3 is 41.7 Å². The number of hydrogen-bond acceptors (Lipinski definition) is 13. The van der Waals surface area contributed by atoms with Crippen molar-refractivity contribution in [1.82, 2.24) is 0 Å². The van der Waals surface area contributed by atoms with Crippen LogP contribution in [0.3, 0.4) is 0 Å². The minimum atomic E-state index is -2.74. The van der Waals surface area contributed by atoms with Gasteiger partial charge in [-0.05, 0) is 33.6 Å². The van der Waals surface area contributed by atoms with Crippen molar-refractivity contribution in [3.8, 4) is 0 Å². The van der Waals surface area contributed by atoms with Gasteiger partial charge in [-0.25, -0.2) is 0 Å². The lowest BCUT2D eigenvalue weighted by Crippen LogP contribution is -2.63. The Kier molecular flexibility index (Phi) is 16.8. The first-order chi connectivity index (χ1) is 19.0. The summed E-state index contributed by atoms with van der Waals surface area (Å²) in [6.45, 7) is 11.7. The monoisotopic (exact) mass is 592 g/mol. The molecule has 1 fully saturated rings. The second-order valence-electron chi connectivity index (χ2n) is 8.72. The van der Waals surface area contributed by atoms with Crippen molar-refractivity contribution in [2.75, 3.05) is 33.0 Å². The molecule has 1 aliphatic heterocycles. The fourth-order valence-corrected chi connectivity index (χ4v) is 6.59. The Bertz CT molecular complexity index is 816. The largest absolute Gasteiger partial charge is 0.501 e. The molecule has 0 aliphatic carbocycles. The van der Waals surface area contributed by atoms with Crippen LogP contribution >= 0.6 is 0 Å². The maximum atomic E-state index is 11.9. The molecule has 0 unspecified atom stereocenters. The van der Waals surface area contributed by atoms with Gasteiger partial charge >= 0.3 is 32.7 Å². The summed E-state index contributed by atoms with van der Waals surface area (Å²) < 4.78 is 50.5. The highest BCUT2D eigenvalue weighted by atomic mass is 28.4. The predicted molar refractivity (Wildman–Crippen MR) is 142 cm³/mol. The molecule has 0 bridgehead atoms. The van der Waals surface area contributed by atoms with Crippen LogP contribution < -0.4 is 0 Å². The van der Waals surface area contributed by atoms with Crippen LogP contribution in [0, 0.1) is 0 Å². The van der Waals surface area contributed by atoms with E-state index in [0.717, 1.165) is 13.8 Å². The van der Waals surface area contributed by atoms with Gasteiger partial charge in [-0.3, -0.25) is 19.2 Å². The van der Waals surface area contributed by atoms with Crippen LogP contribution in [-0.2, 0) is 60.9 Å². The molecule has 40 heavy (non-hydrogen) atoms. The molecule has 0 N–H and O–H groups in total. The summed E-state index contributed by atoms with van der Waals surface area (Å²) in [6, 6.07) is 0.625. The van der Waals surface area contributed by atoms with Crippen LogP contribution in [0.2, 0.25) is 6.04 Å². The van der Waals surface area contributed by atoms with E-state index < -0.39 is 63.4 Å². The van der Waals surface area contributed by atoms with Gasteiger partial charge in [-0.2, -0.15) is 0 Å². The molecule has 0 spiro atoms. The van der Waals surface area contributed by atoms with Gasteiger partial charge in [0.2, 0.25) is 0 Å². The Morgan fingerprint density at radius 2 is 1.20 bits per heavy atom. The standard InChI is InChI=1S/C26H44O13Si/c1-8-33-40(34-9-2,35-10-3)16-14-12-11-13-15-31-26-25(38-21(7)30)24(37-20(6)29)23(36-19(5)28)22(39-26)17-32-18(4)27/h11-12,22-26H,8-10,13-17H2,1-7H3/b12-11+/t22-,23-,24+,25-,26-/m1/s1. The summed E-state index contributed by atoms with van der Waals surface area (Å²) in [7, 11) is -2.74. The molecular formula is C26H44O13Si. The number of rotatable bonds is 18. The zero-order valence-corrected chi connectivity index (χ0v) is 25.5. The van der Waals surface area contributed by atoms with Gasteiger partial charge in [-0.1, -0.05) is 12.2 Å². The molecule has 230 valence electrons. The zero-order valence-electron chi connectivity index (χ0n) is 24.5. The highest BCUT2D eigenvalue weighted by Crippen LogP contribution is 2.30. The van der Waals surface area contributed by atoms with E-state index in [0.29, 0.717) is 38.7 Å². The van der Waals surface area contributed by atoms with Crippen LogP contribution in [-0.4, -0.2) is 96.4 Å². The lowest BCUT2D eigenvalue weighted by molar-refractivity contribution is -0.307. The SMILES string of the molecule is CCO[Si](CC/C=C/CCO[C@@H]1O[C@H](COC(C)=O)[C@@H](OC(C)=O)[C@H](OC(C)=O)[C@H]1OC(C)=O)(OCC)OCC. The van der Waals surface area contributed by atoms with Gasteiger partial charge in [0, 0.05) is 53.6 Å². The molecule has 0 radical (unpaired) electrons. The molecule has 1 heterocycles. The lowest BCUT2D eigenvalue weighted by Gasteiger charge is -2.44. The Labute approximate surface area is 237 Å². The van der Waals surface area contributed by atoms with Crippen molar-refractivity contribution in [2.45, 2.75) is 98.1 Å². The topological polar surface area (TPSA) is 151 Å². The highest BCUT2D eigenvalue weighted by molar-refractivity contribution is 6.60. The van der Waals surface area contributed by atoms with E-state index in [4.69, 9.17) is 41.7 Å². The van der Waals surface area contributed by atoms with Crippen LogP contribution in [0.4, 0.5) is 0 Å². The number of esters is 4. The van der Waals surface area contributed by atoms with Crippen molar-refractivity contribution in [3.05, 3.63) is 12.2 Å². The van der Waals surface area contributed by atoms with E-state index >= 15 is 0 Å². The second kappa shape index (κ2) is 18.9. The second-order valence-corrected chi connectivity index (χ2v) is 11.5. The third kappa shape index (κ3) is 12.9. The van der Waals surface area contributed by atoms with Crippen LogP contribution in [0.15, 0.2) is 12.2 Å². The van der Waals surface area contributed by atoms with E-state index in [1.807, 2.05) is 32.9 Å². The van der Waals surface area contributed by atoms with Crippen molar-refractivity contribution in [1.29, 1.82) is 0 Å². The van der Waals surface area contributed by atoms with Crippen molar-refractivity contribution in [2.24, 2.45) is 0 Å². The Balaban J connectivity index is 2.96. The molecule has 0 saturated carbocycles. The maximum Gasteiger partial charge on any atom is 0.501 e. The fraction of sp³-hybridized carbons (Fsp3) is 0.769. The average Bonchev–Trinajstić information content (AvgIpc) is 2.85. The molecule has 13 nitrogen and oxygen atoms in total. The zero-order chi connectivity index (χ0) is 30.1. The van der Waals surface area contributed by atoms with E-state index in [1.54, 1.807) is 0 Å². The molecule has 0 aromatic rings. The fourth-order valence-electron chi connectivity index (χ4n) is 4.07. The summed E-state index contributed by atoms with van der Waals surface area (Å²) in [6.07, 6.45) is -0.988. The minimum absolute atomic E-state index is 0.148. The Morgan fingerprint density at radius 1 is 0.700 bits per heavy atom. The summed E-state index contributed by atoms with van der Waals surface area (Å²) in [5.41, 5.74) is 0. The number of carbonyl (C=O) groups is 4. The van der Waals surface area contributed by atoms with Crippen LogP contribution in [0.1, 0.15) is 61.3 Å². The number of hydrogen-bond donors (Lipinski definition) is 0. The normalized spacial score (nSPS) is 23.0. The summed E-state index contributed by atoms with van der Waals surface area (Å²) >= 11 is 0. The van der Waals surface area contributed by atoms with E-state index in [-0.39, 0.29) is 13.2 Å². The first kappa shape index (κ1) is 35.7. The third-order valence-corrected chi connectivity index (χ3v) is 8.48. The number of carbonyl (C=O) groups excluding carboxylic acids is 4. The summed E-state index contributed by atoms with van der Waals surface area (Å²) in [4.78, 5) is 47.0. The maximum absolute atomic E-state index is 11.9. The van der Waals surface area contributed by atoms with Crippen molar-refractivity contribution in [3.63, 3.8) is 0 Å². The smallest absolute Gasteiger partial charge is 0.463 e. The molecule has 0 aromatic heterocycles. The molecule has 1 aliphatic rings. The number of allylic oxidation sites excluding steroid dienone is 1. The first-order valence-corrected chi connectivity index (χ1v) is 15.4. The highest BCUT2D eigenvalue weighted by Gasteiger charge is 2.52. The molecule has 1 saturated heterocycles. The van der Waals surface area contributed by atoms with Crippen molar-refractivity contribution < 1.29 is 60.9 Å². The Hall–Kier alpha value is -2.36. The van der Waals surface area contributed by atoms with Gasteiger partial charge in [0.25, 0.3) is 0 Å². The van der Waals surface area contributed by atoms with E-state index in [1.165, 1.54) is 13.8 Å². The van der Waals surface area contributed by atoms with Crippen LogP contribution in [0.5, 0.6) is 0 Å². The lowest BCUT2D eigenvalue weighted by atomic mass is 9.98. The molecule has 1 rings (SSSR count). The molecule has 0 aromatic carbocycles. The predicted octanol–water partition coefficient (Wildman–Crippen LogP) is 2.47. The summed E-state index contributed by atoms with van der Waals surface area (Å²) in [5.74, 6) is -2.69. The van der Waals surface area contributed by atoms with Gasteiger partial charge in [0.05, 0.1) is 6.61 Å². The quantitative estimate of drug-likeness (QED) is 0.0754. The minimum Gasteiger partial charge on any atom is -0.463 e. The summed E-state index contributed by atoms with van der Waals surface area (Å²) in [5, 5.41) is 0. The first-order valence-electron chi connectivity index (χ1n) is 13.5. The van der Waals surface area contributed by atoms with E-state index in [9.17, 15) is 19.2 Å².